The molecule has 1 saturated heterocycles. The Morgan fingerprint density at radius 2 is 2.05 bits per heavy atom. The van der Waals surface area contributed by atoms with E-state index in [9.17, 15) is 14.9 Å². The van der Waals surface area contributed by atoms with Crippen LogP contribution in [0.25, 0.3) is 0 Å². The van der Waals surface area contributed by atoms with E-state index >= 15 is 0 Å². The van der Waals surface area contributed by atoms with Crippen LogP contribution in [0, 0.1) is 15.5 Å². The molecule has 0 bridgehead atoms. The molecule has 20 heavy (non-hydrogen) atoms. The van der Waals surface area contributed by atoms with Gasteiger partial charge in [0.15, 0.2) is 0 Å². The van der Waals surface area contributed by atoms with Gasteiger partial charge in [0, 0.05) is 30.3 Å². The topological polar surface area (TPSA) is 84.3 Å². The Bertz CT molecular complexity index is 511. The molecule has 6 heteroatoms. The molecule has 0 saturated carbocycles. The summed E-state index contributed by atoms with van der Waals surface area (Å²) in [5.74, 6) is -0.181. The van der Waals surface area contributed by atoms with Crippen LogP contribution in [0.15, 0.2) is 24.3 Å². The van der Waals surface area contributed by atoms with Crippen molar-refractivity contribution in [2.45, 2.75) is 26.3 Å². The molecule has 108 valence electrons. The monoisotopic (exact) mass is 277 g/mol. The van der Waals surface area contributed by atoms with E-state index in [1.807, 2.05) is 0 Å². The lowest BCUT2D eigenvalue weighted by Gasteiger charge is -2.39. The van der Waals surface area contributed by atoms with Crippen LogP contribution < -0.4 is 10.6 Å². The van der Waals surface area contributed by atoms with Crippen LogP contribution in [-0.4, -0.2) is 30.0 Å². The number of carbonyl (C=O) groups is 1. The Hall–Kier alpha value is -1.95. The second kappa shape index (κ2) is 5.58. The van der Waals surface area contributed by atoms with Gasteiger partial charge in [-0.3, -0.25) is 14.9 Å². The molecule has 1 amide bonds. The van der Waals surface area contributed by atoms with Gasteiger partial charge in [-0.25, -0.2) is 0 Å². The molecule has 1 aliphatic rings. The van der Waals surface area contributed by atoms with Crippen molar-refractivity contribution >= 4 is 11.6 Å². The second-order valence-electron chi connectivity index (χ2n) is 5.78. The molecule has 2 rings (SSSR count). The van der Waals surface area contributed by atoms with Crippen molar-refractivity contribution in [3.8, 4) is 0 Å². The smallest absolute Gasteiger partial charge is 0.269 e. The molecule has 0 aromatic heterocycles. The van der Waals surface area contributed by atoms with Crippen molar-refractivity contribution < 1.29 is 9.72 Å². The average molecular weight is 277 g/mol. The van der Waals surface area contributed by atoms with E-state index in [2.05, 4.69) is 24.5 Å². The van der Waals surface area contributed by atoms with Crippen molar-refractivity contribution in [3.05, 3.63) is 39.9 Å². The Labute approximate surface area is 117 Å². The third-order valence-electron chi connectivity index (χ3n) is 3.78. The van der Waals surface area contributed by atoms with Crippen LogP contribution in [-0.2, 0) is 0 Å². The molecule has 1 atom stereocenters. The zero-order valence-corrected chi connectivity index (χ0v) is 11.7. The molecule has 1 fully saturated rings. The molecular formula is C14H19N3O3. The third-order valence-corrected chi connectivity index (χ3v) is 3.78. The van der Waals surface area contributed by atoms with Crippen molar-refractivity contribution in [3.63, 3.8) is 0 Å². The lowest BCUT2D eigenvalue weighted by atomic mass is 9.80. The summed E-state index contributed by atoms with van der Waals surface area (Å²) >= 11 is 0. The highest BCUT2D eigenvalue weighted by Crippen LogP contribution is 2.25. The average Bonchev–Trinajstić information content (AvgIpc) is 2.41. The maximum atomic E-state index is 12.2. The largest absolute Gasteiger partial charge is 0.349 e. The number of nitrogens with one attached hydrogen (secondary N) is 2. The van der Waals surface area contributed by atoms with E-state index in [0.29, 0.717) is 5.56 Å². The highest BCUT2D eigenvalue weighted by molar-refractivity contribution is 5.94. The lowest BCUT2D eigenvalue weighted by molar-refractivity contribution is -0.384. The molecule has 0 aliphatic carbocycles. The number of piperidine rings is 1. The normalized spacial score (nSPS) is 21.2. The van der Waals surface area contributed by atoms with Gasteiger partial charge in [0.1, 0.15) is 0 Å². The molecular weight excluding hydrogens is 258 g/mol. The first kappa shape index (κ1) is 14.5. The number of carbonyl (C=O) groups excluding carboxylic acids is 1. The van der Waals surface area contributed by atoms with Crippen LogP contribution in [0.4, 0.5) is 5.69 Å². The van der Waals surface area contributed by atoms with Gasteiger partial charge in [-0.15, -0.1) is 0 Å². The fourth-order valence-corrected chi connectivity index (χ4v) is 2.41. The number of non-ortho nitro benzene ring substituents is 1. The quantitative estimate of drug-likeness (QED) is 0.650. The van der Waals surface area contributed by atoms with Gasteiger partial charge in [-0.2, -0.15) is 0 Å². The van der Waals surface area contributed by atoms with Crippen LogP contribution >= 0.6 is 0 Å². The molecule has 1 aromatic rings. The molecule has 1 aromatic carbocycles. The van der Waals surface area contributed by atoms with Gasteiger partial charge in [-0.05, 0) is 30.5 Å². The molecule has 0 radical (unpaired) electrons. The second-order valence-corrected chi connectivity index (χ2v) is 5.78. The molecule has 0 spiro atoms. The first-order valence-electron chi connectivity index (χ1n) is 6.66. The first-order chi connectivity index (χ1) is 9.40. The molecule has 1 heterocycles. The standard InChI is InChI=1S/C14H19N3O3/c1-14(2)9-15-8-7-12(14)16-13(18)10-3-5-11(6-4-10)17(19)20/h3-6,12,15H,7-9H2,1-2H3,(H,16,18). The summed E-state index contributed by atoms with van der Waals surface area (Å²) in [4.78, 5) is 22.3. The zero-order valence-electron chi connectivity index (χ0n) is 11.7. The predicted molar refractivity (Wildman–Crippen MR) is 75.6 cm³/mol. The zero-order chi connectivity index (χ0) is 14.8. The van der Waals surface area contributed by atoms with E-state index < -0.39 is 4.92 Å². The summed E-state index contributed by atoms with van der Waals surface area (Å²) < 4.78 is 0. The van der Waals surface area contributed by atoms with Crippen molar-refractivity contribution in [2.24, 2.45) is 5.41 Å². The number of amides is 1. The molecule has 1 unspecified atom stereocenters. The van der Waals surface area contributed by atoms with Gasteiger partial charge in [0.05, 0.1) is 4.92 Å². The molecule has 6 nitrogen and oxygen atoms in total. The Morgan fingerprint density at radius 1 is 1.40 bits per heavy atom. The van der Waals surface area contributed by atoms with Gasteiger partial charge < -0.3 is 10.6 Å². The summed E-state index contributed by atoms with van der Waals surface area (Å²) in [5, 5.41) is 16.9. The van der Waals surface area contributed by atoms with E-state index in [1.165, 1.54) is 24.3 Å². The fourth-order valence-electron chi connectivity index (χ4n) is 2.41. The molecule has 1 aliphatic heterocycles. The summed E-state index contributed by atoms with van der Waals surface area (Å²) in [6, 6.07) is 5.78. The molecule has 2 N–H and O–H groups in total. The van der Waals surface area contributed by atoms with Gasteiger partial charge >= 0.3 is 0 Å². The summed E-state index contributed by atoms with van der Waals surface area (Å²) in [7, 11) is 0. The van der Waals surface area contributed by atoms with Gasteiger partial charge in [-0.1, -0.05) is 13.8 Å². The highest BCUT2D eigenvalue weighted by Gasteiger charge is 2.33. The minimum absolute atomic E-state index is 0.00527. The summed E-state index contributed by atoms with van der Waals surface area (Å²) in [6.45, 7) is 5.97. The van der Waals surface area contributed by atoms with Crippen molar-refractivity contribution in [2.75, 3.05) is 13.1 Å². The fraction of sp³-hybridized carbons (Fsp3) is 0.500. The first-order valence-corrected chi connectivity index (χ1v) is 6.66. The lowest BCUT2D eigenvalue weighted by Crippen LogP contribution is -2.54. The summed E-state index contributed by atoms with van der Waals surface area (Å²) in [6.07, 6.45) is 0.881. The Kier molecular flexibility index (Phi) is 4.04. The van der Waals surface area contributed by atoms with E-state index in [-0.39, 0.29) is 23.1 Å². The highest BCUT2D eigenvalue weighted by atomic mass is 16.6. The van der Waals surface area contributed by atoms with Crippen molar-refractivity contribution in [1.82, 2.24) is 10.6 Å². The van der Waals surface area contributed by atoms with E-state index in [1.54, 1.807) is 0 Å². The third kappa shape index (κ3) is 3.14. The van der Waals surface area contributed by atoms with Crippen molar-refractivity contribution in [1.29, 1.82) is 0 Å². The minimum Gasteiger partial charge on any atom is -0.349 e. The number of nitro benzene ring substituents is 1. The van der Waals surface area contributed by atoms with E-state index in [4.69, 9.17) is 0 Å². The number of nitro groups is 1. The van der Waals surface area contributed by atoms with Crippen LogP contribution in [0.1, 0.15) is 30.6 Å². The Balaban J connectivity index is 2.06. The summed E-state index contributed by atoms with van der Waals surface area (Å²) in [5.41, 5.74) is 0.433. The van der Waals surface area contributed by atoms with E-state index in [0.717, 1.165) is 19.5 Å². The van der Waals surface area contributed by atoms with Crippen LogP contribution in [0.2, 0.25) is 0 Å². The predicted octanol–water partition coefficient (Wildman–Crippen LogP) is 1.71. The number of hydrogen-bond donors (Lipinski definition) is 2. The maximum Gasteiger partial charge on any atom is 0.269 e. The van der Waals surface area contributed by atoms with Crippen LogP contribution in [0.3, 0.4) is 0 Å². The Morgan fingerprint density at radius 3 is 2.60 bits per heavy atom. The number of hydrogen-bond acceptors (Lipinski definition) is 4. The number of nitrogens with zero attached hydrogens (tertiary/aromatic N) is 1. The van der Waals surface area contributed by atoms with Gasteiger partial charge in [0.2, 0.25) is 0 Å². The SMILES string of the molecule is CC1(C)CNCCC1NC(=O)c1ccc([N+](=O)[O-])cc1. The van der Waals surface area contributed by atoms with Crippen LogP contribution in [0.5, 0.6) is 0 Å². The number of rotatable bonds is 3. The number of benzene rings is 1. The van der Waals surface area contributed by atoms with Gasteiger partial charge in [0.25, 0.3) is 11.6 Å². The maximum absolute atomic E-state index is 12.2. The minimum atomic E-state index is -0.475.